The molecule has 4 amide bonds. The first-order valence-corrected chi connectivity index (χ1v) is 8.10. The van der Waals surface area contributed by atoms with E-state index < -0.39 is 11.6 Å². The number of hydrogen-bond acceptors (Lipinski definition) is 5. The van der Waals surface area contributed by atoms with Crippen molar-refractivity contribution in [2.45, 2.75) is 38.6 Å². The fourth-order valence-corrected chi connectivity index (χ4v) is 4.18. The van der Waals surface area contributed by atoms with Gasteiger partial charge in [0.25, 0.3) is 11.8 Å². The van der Waals surface area contributed by atoms with Gasteiger partial charge in [0.15, 0.2) is 0 Å². The minimum absolute atomic E-state index is 0.0945. The molecule has 2 atom stereocenters. The fraction of sp³-hybridized carbons (Fsp3) is 0.571. The Labute approximate surface area is 131 Å². The molecule has 1 aliphatic heterocycles. The quantitative estimate of drug-likeness (QED) is 0.719. The first-order valence-electron chi connectivity index (χ1n) is 7.28. The Morgan fingerprint density at radius 2 is 2.23 bits per heavy atom. The molecule has 22 heavy (non-hydrogen) atoms. The molecule has 1 aliphatic carbocycles. The molecule has 1 aromatic heterocycles. The van der Waals surface area contributed by atoms with Gasteiger partial charge in [0.05, 0.1) is 5.01 Å². The van der Waals surface area contributed by atoms with Crippen molar-refractivity contribution in [2.24, 2.45) is 5.92 Å². The minimum Gasteiger partial charge on any atom is -0.350 e. The van der Waals surface area contributed by atoms with E-state index in [1.54, 1.807) is 0 Å². The molecule has 2 aliphatic rings. The molecule has 3 rings (SSSR count). The number of aromatic nitrogens is 1. The zero-order chi connectivity index (χ0) is 15.9. The Balaban J connectivity index is 1.68. The van der Waals surface area contributed by atoms with E-state index in [4.69, 9.17) is 0 Å². The van der Waals surface area contributed by atoms with Crippen molar-refractivity contribution in [3.63, 3.8) is 0 Å². The van der Waals surface area contributed by atoms with E-state index in [9.17, 15) is 14.4 Å². The van der Waals surface area contributed by atoms with Gasteiger partial charge in [-0.3, -0.25) is 14.9 Å². The monoisotopic (exact) mass is 322 g/mol. The number of imide groups is 1. The lowest BCUT2D eigenvalue weighted by atomic mass is 9.87. The van der Waals surface area contributed by atoms with Crippen molar-refractivity contribution < 1.29 is 14.4 Å². The van der Waals surface area contributed by atoms with E-state index in [-0.39, 0.29) is 17.7 Å². The second kappa shape index (κ2) is 5.35. The molecule has 1 saturated heterocycles. The Morgan fingerprint density at radius 1 is 1.45 bits per heavy atom. The van der Waals surface area contributed by atoms with Crippen LogP contribution in [0.15, 0.2) is 0 Å². The van der Waals surface area contributed by atoms with Gasteiger partial charge in [-0.2, -0.15) is 0 Å². The Morgan fingerprint density at radius 3 is 2.82 bits per heavy atom. The lowest BCUT2D eigenvalue weighted by molar-refractivity contribution is -0.125. The lowest BCUT2D eigenvalue weighted by Crippen LogP contribution is -2.53. The van der Waals surface area contributed by atoms with Gasteiger partial charge in [-0.05, 0) is 26.7 Å². The molecule has 0 radical (unpaired) electrons. The third-order valence-electron chi connectivity index (χ3n) is 4.42. The van der Waals surface area contributed by atoms with Crippen LogP contribution in [0.4, 0.5) is 4.79 Å². The molecule has 2 heterocycles. The highest BCUT2D eigenvalue weighted by atomic mass is 32.1. The highest BCUT2D eigenvalue weighted by Gasteiger charge is 2.54. The maximum absolute atomic E-state index is 12.2. The fourth-order valence-electron chi connectivity index (χ4n) is 3.36. The highest BCUT2D eigenvalue weighted by molar-refractivity contribution is 7.11. The van der Waals surface area contributed by atoms with Crippen molar-refractivity contribution in [2.75, 3.05) is 6.54 Å². The molecule has 8 heteroatoms. The number of aryl methyl sites for hydroxylation is 2. The van der Waals surface area contributed by atoms with Crippen LogP contribution in [-0.4, -0.2) is 34.9 Å². The van der Waals surface area contributed by atoms with Crippen LogP contribution in [0.5, 0.6) is 0 Å². The molecule has 0 bridgehead atoms. The molecule has 2 fully saturated rings. The van der Waals surface area contributed by atoms with E-state index >= 15 is 0 Å². The number of thiazole rings is 1. The first-order chi connectivity index (χ1) is 10.4. The maximum Gasteiger partial charge on any atom is 0.322 e. The van der Waals surface area contributed by atoms with Gasteiger partial charge in [0.2, 0.25) is 0 Å². The van der Waals surface area contributed by atoms with Gasteiger partial charge in [0, 0.05) is 17.3 Å². The summed E-state index contributed by atoms with van der Waals surface area (Å²) in [7, 11) is 0. The summed E-state index contributed by atoms with van der Waals surface area (Å²) >= 11 is 1.48. The van der Waals surface area contributed by atoms with Gasteiger partial charge in [-0.25, -0.2) is 9.78 Å². The number of hydrogen-bond donors (Lipinski definition) is 3. The predicted molar refractivity (Wildman–Crippen MR) is 80.7 cm³/mol. The average Bonchev–Trinajstić information content (AvgIpc) is 3.08. The third kappa shape index (κ3) is 2.37. The summed E-state index contributed by atoms with van der Waals surface area (Å²) in [6.07, 6.45) is 2.26. The van der Waals surface area contributed by atoms with Crippen molar-refractivity contribution in [1.29, 1.82) is 0 Å². The van der Waals surface area contributed by atoms with E-state index in [1.165, 1.54) is 11.3 Å². The molecule has 7 nitrogen and oxygen atoms in total. The SMILES string of the molecule is Cc1nc(C(=O)NC[C@@H]2CCC[C@]23NC(=O)NC3=O)c(C)s1. The smallest absolute Gasteiger partial charge is 0.322 e. The Bertz CT molecular complexity index is 657. The molecule has 118 valence electrons. The van der Waals surface area contributed by atoms with Crippen molar-refractivity contribution in [1.82, 2.24) is 20.9 Å². The number of nitrogens with zero attached hydrogens (tertiary/aromatic N) is 1. The topological polar surface area (TPSA) is 100 Å². The number of rotatable bonds is 3. The minimum atomic E-state index is -0.864. The van der Waals surface area contributed by atoms with E-state index in [1.807, 2.05) is 13.8 Å². The molecule has 1 saturated carbocycles. The summed E-state index contributed by atoms with van der Waals surface area (Å²) in [6.45, 7) is 4.07. The van der Waals surface area contributed by atoms with Crippen LogP contribution in [0, 0.1) is 19.8 Å². The van der Waals surface area contributed by atoms with Crippen molar-refractivity contribution in [3.8, 4) is 0 Å². The lowest BCUT2D eigenvalue weighted by Gasteiger charge is -2.28. The van der Waals surface area contributed by atoms with Crippen LogP contribution < -0.4 is 16.0 Å². The second-order valence-electron chi connectivity index (χ2n) is 5.82. The largest absolute Gasteiger partial charge is 0.350 e. The number of nitrogens with one attached hydrogen (secondary N) is 3. The molecule has 1 aromatic rings. The van der Waals surface area contributed by atoms with Gasteiger partial charge in [0.1, 0.15) is 11.2 Å². The Kier molecular flexibility index (Phi) is 3.64. The van der Waals surface area contributed by atoms with Crippen molar-refractivity contribution in [3.05, 3.63) is 15.6 Å². The van der Waals surface area contributed by atoms with E-state index in [2.05, 4.69) is 20.9 Å². The van der Waals surface area contributed by atoms with Crippen molar-refractivity contribution >= 4 is 29.2 Å². The molecule has 0 aromatic carbocycles. The van der Waals surface area contributed by atoms with Crippen LogP contribution >= 0.6 is 11.3 Å². The van der Waals surface area contributed by atoms with Crippen LogP contribution in [0.25, 0.3) is 0 Å². The summed E-state index contributed by atoms with van der Waals surface area (Å²) < 4.78 is 0. The molecular weight excluding hydrogens is 304 g/mol. The zero-order valence-electron chi connectivity index (χ0n) is 12.5. The second-order valence-corrected chi connectivity index (χ2v) is 7.22. The zero-order valence-corrected chi connectivity index (χ0v) is 13.3. The van der Waals surface area contributed by atoms with Crippen LogP contribution in [0.1, 0.15) is 39.6 Å². The molecule has 3 N–H and O–H groups in total. The third-order valence-corrected chi connectivity index (χ3v) is 5.30. The van der Waals surface area contributed by atoms with Crippen LogP contribution in [0.3, 0.4) is 0 Å². The normalized spacial score (nSPS) is 27.1. The summed E-state index contributed by atoms with van der Waals surface area (Å²) in [4.78, 5) is 40.8. The van der Waals surface area contributed by atoms with E-state index in [0.717, 1.165) is 22.7 Å². The predicted octanol–water partition coefficient (Wildman–Crippen LogP) is 0.868. The summed E-state index contributed by atoms with van der Waals surface area (Å²) in [6, 6.07) is -0.450. The van der Waals surface area contributed by atoms with Crippen LogP contribution in [0.2, 0.25) is 0 Å². The molecule has 1 spiro atoms. The summed E-state index contributed by atoms with van der Waals surface area (Å²) in [5, 5.41) is 8.75. The standard InChI is InChI=1S/C14H18N4O3S/c1-7-10(16-8(2)22-7)11(19)15-6-9-4-3-5-14(9)12(20)17-13(21)18-14/h9H,3-6H2,1-2H3,(H,15,19)(H2,17,18,20,21)/t9-,14-/m0/s1. The number of amides is 4. The highest BCUT2D eigenvalue weighted by Crippen LogP contribution is 2.37. The number of carbonyl (C=O) groups is 3. The van der Waals surface area contributed by atoms with Crippen LogP contribution in [-0.2, 0) is 4.79 Å². The molecular formula is C14H18N4O3S. The summed E-state index contributed by atoms with van der Waals surface area (Å²) in [5.41, 5.74) is -0.424. The maximum atomic E-state index is 12.2. The number of urea groups is 1. The molecule has 0 unspecified atom stereocenters. The van der Waals surface area contributed by atoms with Gasteiger partial charge < -0.3 is 10.6 Å². The number of carbonyl (C=O) groups excluding carboxylic acids is 3. The average molecular weight is 322 g/mol. The summed E-state index contributed by atoms with van der Waals surface area (Å²) in [5.74, 6) is -0.605. The van der Waals surface area contributed by atoms with E-state index in [0.29, 0.717) is 18.7 Å². The first kappa shape index (κ1) is 15.0. The Hall–Kier alpha value is -1.96. The van der Waals surface area contributed by atoms with Gasteiger partial charge >= 0.3 is 6.03 Å². The van der Waals surface area contributed by atoms with Gasteiger partial charge in [-0.1, -0.05) is 6.42 Å². The van der Waals surface area contributed by atoms with Gasteiger partial charge in [-0.15, -0.1) is 11.3 Å².